The zero-order valence-electron chi connectivity index (χ0n) is 12.9. The van der Waals surface area contributed by atoms with Crippen LogP contribution in [0.4, 0.5) is 5.95 Å². The summed E-state index contributed by atoms with van der Waals surface area (Å²) in [4.78, 5) is 19.4. The molecule has 0 saturated carbocycles. The largest absolute Gasteiger partial charge is 0.352 e. The quantitative estimate of drug-likeness (QED) is 0.779. The van der Waals surface area contributed by atoms with Crippen LogP contribution in [0.5, 0.6) is 0 Å². The number of anilines is 1. The Morgan fingerprint density at radius 3 is 2.64 bits per heavy atom. The standard InChI is InChI=1S/C16H19N5O/c1-16(2,3)21-13-12(10-18-21)14(22)20-15(19-13)17-9-11-7-5-4-6-8-11/h4-8,10H,9H2,1-3H3,(H2,17,19,20,22). The van der Waals surface area contributed by atoms with Crippen LogP contribution in [0.3, 0.4) is 0 Å². The van der Waals surface area contributed by atoms with Crippen LogP contribution >= 0.6 is 0 Å². The van der Waals surface area contributed by atoms with Crippen LogP contribution in [0.2, 0.25) is 0 Å². The number of aromatic amines is 1. The minimum absolute atomic E-state index is 0.184. The van der Waals surface area contributed by atoms with E-state index in [0.29, 0.717) is 23.5 Å². The predicted octanol–water partition coefficient (Wildman–Crippen LogP) is 2.49. The number of rotatable bonds is 3. The molecule has 0 radical (unpaired) electrons. The highest BCUT2D eigenvalue weighted by atomic mass is 16.1. The molecule has 114 valence electrons. The SMILES string of the molecule is CC(C)(C)n1ncc2c(=O)[nH]c(NCc3ccccc3)nc21. The maximum absolute atomic E-state index is 12.2. The molecule has 0 aliphatic carbocycles. The van der Waals surface area contributed by atoms with Crippen molar-refractivity contribution in [2.45, 2.75) is 32.9 Å². The lowest BCUT2D eigenvalue weighted by Gasteiger charge is -2.19. The van der Waals surface area contributed by atoms with Gasteiger partial charge in [-0.25, -0.2) is 4.68 Å². The van der Waals surface area contributed by atoms with Gasteiger partial charge >= 0.3 is 0 Å². The Kier molecular flexibility index (Phi) is 3.44. The first-order valence-electron chi connectivity index (χ1n) is 7.21. The summed E-state index contributed by atoms with van der Waals surface area (Å²) >= 11 is 0. The number of fused-ring (bicyclic) bond motifs is 1. The molecule has 6 nitrogen and oxygen atoms in total. The highest BCUT2D eigenvalue weighted by molar-refractivity contribution is 5.74. The number of nitrogens with zero attached hydrogens (tertiary/aromatic N) is 3. The first-order chi connectivity index (χ1) is 10.4. The molecule has 0 unspecified atom stereocenters. The van der Waals surface area contributed by atoms with Gasteiger partial charge in [0.2, 0.25) is 5.95 Å². The second-order valence-corrected chi connectivity index (χ2v) is 6.22. The van der Waals surface area contributed by atoms with Gasteiger partial charge in [-0.15, -0.1) is 0 Å². The summed E-state index contributed by atoms with van der Waals surface area (Å²) in [5.41, 5.74) is 1.29. The van der Waals surface area contributed by atoms with E-state index in [2.05, 4.69) is 20.4 Å². The molecule has 3 aromatic rings. The third-order valence-electron chi connectivity index (χ3n) is 3.38. The molecule has 0 saturated heterocycles. The summed E-state index contributed by atoms with van der Waals surface area (Å²) in [6.07, 6.45) is 1.56. The zero-order chi connectivity index (χ0) is 15.7. The Balaban J connectivity index is 1.96. The fourth-order valence-corrected chi connectivity index (χ4v) is 2.27. The van der Waals surface area contributed by atoms with Gasteiger partial charge in [0.25, 0.3) is 5.56 Å². The van der Waals surface area contributed by atoms with Gasteiger partial charge in [-0.3, -0.25) is 9.78 Å². The molecule has 2 heterocycles. The molecule has 0 amide bonds. The number of H-pyrrole nitrogens is 1. The second-order valence-electron chi connectivity index (χ2n) is 6.22. The highest BCUT2D eigenvalue weighted by Gasteiger charge is 2.19. The van der Waals surface area contributed by atoms with E-state index in [-0.39, 0.29) is 11.1 Å². The van der Waals surface area contributed by atoms with Crippen molar-refractivity contribution < 1.29 is 0 Å². The predicted molar refractivity (Wildman–Crippen MR) is 86.9 cm³/mol. The van der Waals surface area contributed by atoms with Crippen LogP contribution in [0.1, 0.15) is 26.3 Å². The molecule has 2 aromatic heterocycles. The van der Waals surface area contributed by atoms with E-state index in [4.69, 9.17) is 0 Å². The summed E-state index contributed by atoms with van der Waals surface area (Å²) in [5.74, 6) is 0.451. The molecule has 0 aliphatic rings. The van der Waals surface area contributed by atoms with E-state index in [1.807, 2.05) is 51.1 Å². The average molecular weight is 297 g/mol. The average Bonchev–Trinajstić information content (AvgIpc) is 2.91. The van der Waals surface area contributed by atoms with E-state index in [1.54, 1.807) is 10.9 Å². The van der Waals surface area contributed by atoms with Crippen molar-refractivity contribution in [3.05, 3.63) is 52.4 Å². The molecule has 0 spiro atoms. The smallest absolute Gasteiger partial charge is 0.263 e. The van der Waals surface area contributed by atoms with E-state index >= 15 is 0 Å². The van der Waals surface area contributed by atoms with Crippen LogP contribution in [0, 0.1) is 0 Å². The molecule has 22 heavy (non-hydrogen) atoms. The summed E-state index contributed by atoms with van der Waals surface area (Å²) < 4.78 is 1.77. The number of benzene rings is 1. The van der Waals surface area contributed by atoms with Gasteiger partial charge in [0.05, 0.1) is 11.7 Å². The summed E-state index contributed by atoms with van der Waals surface area (Å²) in [6.45, 7) is 6.68. The normalized spacial score (nSPS) is 11.8. The molecular formula is C16H19N5O. The lowest BCUT2D eigenvalue weighted by molar-refractivity contribution is 0.366. The number of nitrogens with one attached hydrogen (secondary N) is 2. The molecule has 0 fully saturated rings. The van der Waals surface area contributed by atoms with Crippen molar-refractivity contribution in [2.75, 3.05) is 5.32 Å². The lowest BCUT2D eigenvalue weighted by atomic mass is 10.1. The Labute approximate surface area is 128 Å². The molecular weight excluding hydrogens is 278 g/mol. The fourth-order valence-electron chi connectivity index (χ4n) is 2.27. The van der Waals surface area contributed by atoms with Gasteiger partial charge in [-0.1, -0.05) is 30.3 Å². The first kappa shape index (κ1) is 14.3. The van der Waals surface area contributed by atoms with Gasteiger partial charge in [0, 0.05) is 6.54 Å². The Morgan fingerprint density at radius 2 is 1.95 bits per heavy atom. The molecule has 0 aliphatic heterocycles. The minimum Gasteiger partial charge on any atom is -0.352 e. The van der Waals surface area contributed by atoms with E-state index in [1.165, 1.54) is 0 Å². The highest BCUT2D eigenvalue weighted by Crippen LogP contribution is 2.18. The monoisotopic (exact) mass is 297 g/mol. The summed E-state index contributed by atoms with van der Waals surface area (Å²) in [6, 6.07) is 9.96. The minimum atomic E-state index is -0.237. The van der Waals surface area contributed by atoms with Crippen molar-refractivity contribution in [1.29, 1.82) is 0 Å². The summed E-state index contributed by atoms with van der Waals surface area (Å²) in [7, 11) is 0. The third kappa shape index (κ3) is 2.72. The van der Waals surface area contributed by atoms with E-state index in [9.17, 15) is 4.79 Å². The van der Waals surface area contributed by atoms with Crippen molar-refractivity contribution in [2.24, 2.45) is 0 Å². The Hall–Kier alpha value is -2.63. The molecule has 6 heteroatoms. The molecule has 0 bridgehead atoms. The molecule has 3 rings (SSSR count). The number of hydrogen-bond acceptors (Lipinski definition) is 4. The van der Waals surface area contributed by atoms with E-state index < -0.39 is 0 Å². The molecule has 2 N–H and O–H groups in total. The van der Waals surface area contributed by atoms with Gasteiger partial charge in [-0.05, 0) is 26.3 Å². The maximum Gasteiger partial charge on any atom is 0.263 e. The van der Waals surface area contributed by atoms with Crippen molar-refractivity contribution >= 4 is 17.0 Å². The van der Waals surface area contributed by atoms with Crippen LogP contribution in [-0.2, 0) is 12.1 Å². The lowest BCUT2D eigenvalue weighted by Crippen LogP contribution is -2.24. The number of hydrogen-bond donors (Lipinski definition) is 2. The number of aromatic nitrogens is 4. The van der Waals surface area contributed by atoms with Crippen LogP contribution in [0.25, 0.3) is 11.0 Å². The van der Waals surface area contributed by atoms with Crippen LogP contribution in [0.15, 0.2) is 41.3 Å². The second kappa shape index (κ2) is 5.29. The van der Waals surface area contributed by atoms with Gasteiger partial charge in [0.1, 0.15) is 5.39 Å². The third-order valence-corrected chi connectivity index (χ3v) is 3.38. The van der Waals surface area contributed by atoms with Crippen LogP contribution < -0.4 is 10.9 Å². The van der Waals surface area contributed by atoms with Crippen molar-refractivity contribution in [3.63, 3.8) is 0 Å². The van der Waals surface area contributed by atoms with Gasteiger partial charge in [0.15, 0.2) is 5.65 Å². The maximum atomic E-state index is 12.2. The molecule has 0 atom stereocenters. The Morgan fingerprint density at radius 1 is 1.23 bits per heavy atom. The summed E-state index contributed by atoms with van der Waals surface area (Å²) in [5, 5.41) is 7.95. The van der Waals surface area contributed by atoms with Gasteiger partial charge in [-0.2, -0.15) is 10.1 Å². The van der Waals surface area contributed by atoms with E-state index in [0.717, 1.165) is 5.56 Å². The zero-order valence-corrected chi connectivity index (χ0v) is 12.9. The Bertz CT molecular complexity index is 842. The van der Waals surface area contributed by atoms with Crippen molar-refractivity contribution in [1.82, 2.24) is 19.7 Å². The van der Waals surface area contributed by atoms with Crippen LogP contribution in [-0.4, -0.2) is 19.7 Å². The first-order valence-corrected chi connectivity index (χ1v) is 7.21. The topological polar surface area (TPSA) is 75.6 Å². The fraction of sp³-hybridized carbons (Fsp3) is 0.312. The van der Waals surface area contributed by atoms with Gasteiger partial charge < -0.3 is 5.32 Å². The van der Waals surface area contributed by atoms with Crippen molar-refractivity contribution in [3.8, 4) is 0 Å². The molecule has 1 aromatic carbocycles.